The zero-order valence-corrected chi connectivity index (χ0v) is 12.8. The van der Waals surface area contributed by atoms with Crippen molar-refractivity contribution in [2.75, 3.05) is 33.3 Å². The minimum absolute atomic E-state index is 0.674. The van der Waals surface area contributed by atoms with Gasteiger partial charge in [-0.3, -0.25) is 0 Å². The van der Waals surface area contributed by atoms with Gasteiger partial charge in [0.05, 0.1) is 7.11 Å². The molecule has 20 heavy (non-hydrogen) atoms. The number of nitrogens with zero attached hydrogens (tertiary/aromatic N) is 2. The lowest BCUT2D eigenvalue weighted by atomic mass is 9.99. The molecule has 0 spiro atoms. The van der Waals surface area contributed by atoms with Crippen molar-refractivity contribution in [2.45, 2.75) is 32.7 Å². The smallest absolute Gasteiger partial charge is 0.212 e. The highest BCUT2D eigenvalue weighted by atomic mass is 16.5. The van der Waals surface area contributed by atoms with Crippen molar-refractivity contribution < 1.29 is 4.74 Å². The summed E-state index contributed by atoms with van der Waals surface area (Å²) < 4.78 is 5.05. The minimum Gasteiger partial charge on any atom is -0.481 e. The topological polar surface area (TPSA) is 37.4 Å². The molecule has 0 atom stereocenters. The van der Waals surface area contributed by atoms with Gasteiger partial charge in [-0.25, -0.2) is 4.98 Å². The van der Waals surface area contributed by atoms with Crippen molar-refractivity contribution in [1.82, 2.24) is 15.2 Å². The lowest BCUT2D eigenvalue weighted by Gasteiger charge is -2.30. The standard InChI is InChI=1S/C16H27N3O/c1-14-6-10-19(11-7-14)9-3-8-17-12-15-4-5-16(20-2)18-13-15/h4-5,13-14,17H,3,6-12H2,1-2H3. The fourth-order valence-electron chi connectivity index (χ4n) is 2.58. The summed E-state index contributed by atoms with van der Waals surface area (Å²) in [7, 11) is 1.64. The van der Waals surface area contributed by atoms with Gasteiger partial charge in [0.1, 0.15) is 0 Å². The summed E-state index contributed by atoms with van der Waals surface area (Å²) in [5.41, 5.74) is 1.21. The summed E-state index contributed by atoms with van der Waals surface area (Å²) in [5.74, 6) is 1.60. The Kier molecular flexibility index (Phi) is 6.27. The molecule has 1 aromatic rings. The van der Waals surface area contributed by atoms with E-state index in [0.29, 0.717) is 5.88 Å². The Labute approximate surface area is 122 Å². The van der Waals surface area contributed by atoms with Crippen LogP contribution < -0.4 is 10.1 Å². The molecular formula is C16H27N3O. The minimum atomic E-state index is 0.674. The van der Waals surface area contributed by atoms with Crippen molar-refractivity contribution in [1.29, 1.82) is 0 Å². The van der Waals surface area contributed by atoms with Crippen molar-refractivity contribution in [3.8, 4) is 5.88 Å². The highest BCUT2D eigenvalue weighted by molar-refractivity contribution is 5.17. The molecule has 1 aromatic heterocycles. The number of hydrogen-bond acceptors (Lipinski definition) is 4. The lowest BCUT2D eigenvalue weighted by molar-refractivity contribution is 0.190. The number of hydrogen-bond donors (Lipinski definition) is 1. The summed E-state index contributed by atoms with van der Waals surface area (Å²) in [4.78, 5) is 6.80. The summed E-state index contributed by atoms with van der Waals surface area (Å²) in [6, 6.07) is 3.97. The first-order valence-electron chi connectivity index (χ1n) is 7.70. The average molecular weight is 277 g/mol. The van der Waals surface area contributed by atoms with Crippen LogP contribution in [0.1, 0.15) is 31.7 Å². The number of nitrogens with one attached hydrogen (secondary N) is 1. The molecule has 1 aliphatic rings. The number of aromatic nitrogens is 1. The van der Waals surface area contributed by atoms with E-state index in [1.165, 1.54) is 44.5 Å². The molecule has 0 aromatic carbocycles. The largest absolute Gasteiger partial charge is 0.481 e. The van der Waals surface area contributed by atoms with E-state index in [-0.39, 0.29) is 0 Å². The van der Waals surface area contributed by atoms with Crippen LogP contribution in [-0.4, -0.2) is 43.2 Å². The van der Waals surface area contributed by atoms with Crippen LogP contribution in [0.2, 0.25) is 0 Å². The zero-order chi connectivity index (χ0) is 14.2. The normalized spacial score (nSPS) is 17.3. The zero-order valence-electron chi connectivity index (χ0n) is 12.8. The van der Waals surface area contributed by atoms with Gasteiger partial charge in [-0.1, -0.05) is 13.0 Å². The summed E-state index contributed by atoms with van der Waals surface area (Å²) in [6.07, 6.45) is 5.83. The third-order valence-electron chi connectivity index (χ3n) is 4.04. The first kappa shape index (κ1) is 15.3. The summed E-state index contributed by atoms with van der Waals surface area (Å²) in [6.45, 7) is 8.10. The Bertz CT molecular complexity index is 372. The molecule has 2 rings (SSSR count). The monoisotopic (exact) mass is 277 g/mol. The van der Waals surface area contributed by atoms with Gasteiger partial charge in [0.2, 0.25) is 5.88 Å². The van der Waals surface area contributed by atoms with Crippen LogP contribution in [0.25, 0.3) is 0 Å². The van der Waals surface area contributed by atoms with Crippen molar-refractivity contribution in [3.05, 3.63) is 23.9 Å². The number of likely N-dealkylation sites (tertiary alicyclic amines) is 1. The van der Waals surface area contributed by atoms with E-state index in [1.807, 2.05) is 12.3 Å². The molecule has 1 saturated heterocycles. The van der Waals surface area contributed by atoms with Gasteiger partial charge in [-0.15, -0.1) is 0 Å². The van der Waals surface area contributed by atoms with E-state index in [9.17, 15) is 0 Å². The molecule has 0 unspecified atom stereocenters. The van der Waals surface area contributed by atoms with Gasteiger partial charge < -0.3 is 15.0 Å². The third-order valence-corrected chi connectivity index (χ3v) is 4.04. The van der Waals surface area contributed by atoms with Crippen LogP contribution in [0.3, 0.4) is 0 Å². The molecule has 0 bridgehead atoms. The predicted molar refractivity (Wildman–Crippen MR) is 82.0 cm³/mol. The molecule has 0 saturated carbocycles. The molecule has 1 fully saturated rings. The van der Waals surface area contributed by atoms with Gasteiger partial charge in [0.25, 0.3) is 0 Å². The summed E-state index contributed by atoms with van der Waals surface area (Å²) in [5, 5.41) is 3.48. The maximum Gasteiger partial charge on any atom is 0.212 e. The second kappa shape index (κ2) is 8.22. The fraction of sp³-hybridized carbons (Fsp3) is 0.688. The Morgan fingerprint density at radius 1 is 1.35 bits per heavy atom. The molecule has 1 aliphatic heterocycles. The van der Waals surface area contributed by atoms with Crippen molar-refractivity contribution in [3.63, 3.8) is 0 Å². The maximum atomic E-state index is 5.05. The number of piperidine rings is 1. The van der Waals surface area contributed by atoms with E-state index >= 15 is 0 Å². The van der Waals surface area contributed by atoms with Gasteiger partial charge >= 0.3 is 0 Å². The van der Waals surface area contributed by atoms with E-state index in [2.05, 4.69) is 28.2 Å². The van der Waals surface area contributed by atoms with Crippen LogP contribution >= 0.6 is 0 Å². The molecule has 0 aliphatic carbocycles. The second-order valence-electron chi connectivity index (χ2n) is 5.76. The third kappa shape index (κ3) is 5.10. The predicted octanol–water partition coefficient (Wildman–Crippen LogP) is 2.30. The highest BCUT2D eigenvalue weighted by Gasteiger charge is 2.14. The fourth-order valence-corrected chi connectivity index (χ4v) is 2.58. The SMILES string of the molecule is COc1ccc(CNCCCN2CCC(C)CC2)cn1. The molecular weight excluding hydrogens is 250 g/mol. The molecule has 0 amide bonds. The Balaban J connectivity index is 1.55. The van der Waals surface area contributed by atoms with E-state index in [4.69, 9.17) is 4.74 Å². The van der Waals surface area contributed by atoms with Gasteiger partial charge in [-0.2, -0.15) is 0 Å². The number of ether oxygens (including phenoxy) is 1. The van der Waals surface area contributed by atoms with Crippen LogP contribution in [0.15, 0.2) is 18.3 Å². The number of methoxy groups -OCH3 is 1. The van der Waals surface area contributed by atoms with E-state index in [0.717, 1.165) is 19.0 Å². The molecule has 2 heterocycles. The second-order valence-corrected chi connectivity index (χ2v) is 5.76. The van der Waals surface area contributed by atoms with Gasteiger partial charge in [0, 0.05) is 18.8 Å². The van der Waals surface area contributed by atoms with Crippen LogP contribution in [0, 0.1) is 5.92 Å². The molecule has 1 N–H and O–H groups in total. The molecule has 4 heteroatoms. The molecule has 0 radical (unpaired) electrons. The van der Waals surface area contributed by atoms with Crippen molar-refractivity contribution in [2.24, 2.45) is 5.92 Å². The first-order chi connectivity index (χ1) is 9.78. The van der Waals surface area contributed by atoms with E-state index in [1.54, 1.807) is 7.11 Å². The van der Waals surface area contributed by atoms with Gasteiger partial charge in [0.15, 0.2) is 0 Å². The Morgan fingerprint density at radius 3 is 2.80 bits per heavy atom. The lowest BCUT2D eigenvalue weighted by Crippen LogP contribution is -2.34. The van der Waals surface area contributed by atoms with Gasteiger partial charge in [-0.05, 0) is 56.9 Å². The first-order valence-corrected chi connectivity index (χ1v) is 7.70. The quantitative estimate of drug-likeness (QED) is 0.776. The number of pyridine rings is 1. The number of rotatable bonds is 7. The van der Waals surface area contributed by atoms with Crippen molar-refractivity contribution >= 4 is 0 Å². The summed E-state index contributed by atoms with van der Waals surface area (Å²) >= 11 is 0. The van der Waals surface area contributed by atoms with Crippen LogP contribution in [0.5, 0.6) is 5.88 Å². The average Bonchev–Trinajstić information content (AvgIpc) is 2.49. The Morgan fingerprint density at radius 2 is 2.15 bits per heavy atom. The highest BCUT2D eigenvalue weighted by Crippen LogP contribution is 2.15. The maximum absolute atomic E-state index is 5.05. The van der Waals surface area contributed by atoms with Crippen LogP contribution in [-0.2, 0) is 6.54 Å². The van der Waals surface area contributed by atoms with Crippen LogP contribution in [0.4, 0.5) is 0 Å². The van der Waals surface area contributed by atoms with E-state index < -0.39 is 0 Å². The molecule has 4 nitrogen and oxygen atoms in total. The Hall–Kier alpha value is -1.13. The molecule has 112 valence electrons.